The highest BCUT2D eigenvalue weighted by Gasteiger charge is 2.50. The van der Waals surface area contributed by atoms with Crippen LogP contribution in [0.15, 0.2) is 36.5 Å². The molecule has 2 aliphatic heterocycles. The number of nitrogens with zero attached hydrogens (tertiary/aromatic N) is 6. The molecule has 2 atom stereocenters. The summed E-state index contributed by atoms with van der Waals surface area (Å²) in [7, 11) is 7.65. The number of carbonyl (C=O) groups excluding carboxylic acids is 1. The number of likely N-dealkylation sites (N-methyl/N-ethyl adjacent to an activating group) is 1. The second kappa shape index (κ2) is 13.3. The number of ether oxygens (including phenoxy) is 2. The highest BCUT2D eigenvalue weighted by Crippen LogP contribution is 2.43. The number of rotatable bonds is 10. The fourth-order valence-electron chi connectivity index (χ4n) is 8.26. The maximum absolute atomic E-state index is 14.9. The molecule has 7 rings (SSSR count). The van der Waals surface area contributed by atoms with Crippen molar-refractivity contribution in [3.63, 3.8) is 0 Å². The molecule has 3 fully saturated rings. The molecule has 1 N–H and O–H groups in total. The number of hydrogen-bond donors (Lipinski definition) is 1. The minimum atomic E-state index is -0.438. The summed E-state index contributed by atoms with van der Waals surface area (Å²) in [5.41, 5.74) is 3.07. The summed E-state index contributed by atoms with van der Waals surface area (Å²) in [6.07, 6.45) is 14.6. The van der Waals surface area contributed by atoms with E-state index in [2.05, 4.69) is 35.1 Å². The van der Waals surface area contributed by atoms with E-state index in [9.17, 15) is 9.18 Å². The summed E-state index contributed by atoms with van der Waals surface area (Å²) < 4.78 is 27.1. The van der Waals surface area contributed by atoms with E-state index in [0.29, 0.717) is 41.6 Å². The lowest BCUT2D eigenvalue weighted by Gasteiger charge is -2.47. The third-order valence-corrected chi connectivity index (χ3v) is 11.4. The Bertz CT molecular complexity index is 1990. The van der Waals surface area contributed by atoms with Gasteiger partial charge in [0.1, 0.15) is 24.8 Å². The molecule has 2 aromatic heterocycles. The number of terminal acetylenes is 1. The number of carbonyl (C=O) groups is 1. The third-order valence-electron chi connectivity index (χ3n) is 11.4. The van der Waals surface area contributed by atoms with Gasteiger partial charge < -0.3 is 24.6 Å². The zero-order chi connectivity index (χ0) is 35.2. The van der Waals surface area contributed by atoms with Crippen LogP contribution in [-0.4, -0.2) is 107 Å². The van der Waals surface area contributed by atoms with Gasteiger partial charge in [0.05, 0.1) is 27.7 Å². The predicted molar refractivity (Wildman–Crippen MR) is 194 cm³/mol. The van der Waals surface area contributed by atoms with Crippen LogP contribution in [0.1, 0.15) is 56.1 Å². The summed E-state index contributed by atoms with van der Waals surface area (Å²) in [4.78, 5) is 33.3. The molecule has 3 aliphatic rings. The highest BCUT2D eigenvalue weighted by atomic mass is 19.1. The number of amides is 1. The van der Waals surface area contributed by atoms with Gasteiger partial charge >= 0.3 is 12.1 Å². The van der Waals surface area contributed by atoms with Gasteiger partial charge in [-0.25, -0.2) is 9.18 Å². The Kier molecular flexibility index (Phi) is 9.03. The van der Waals surface area contributed by atoms with Crippen LogP contribution in [0.4, 0.5) is 15.0 Å². The Morgan fingerprint density at radius 2 is 1.94 bits per heavy atom. The monoisotopic (exact) mass is 679 g/mol. The van der Waals surface area contributed by atoms with Crippen LogP contribution in [0, 0.1) is 25.1 Å². The van der Waals surface area contributed by atoms with Crippen molar-refractivity contribution >= 4 is 33.6 Å². The van der Waals surface area contributed by atoms with Crippen molar-refractivity contribution in [2.24, 2.45) is 0 Å². The van der Waals surface area contributed by atoms with E-state index in [1.807, 2.05) is 25.1 Å². The second-order valence-corrected chi connectivity index (χ2v) is 14.6. The Hall–Kier alpha value is -4.53. The largest absolute Gasteiger partial charge is 0.461 e. The van der Waals surface area contributed by atoms with Gasteiger partial charge in [0.25, 0.3) is 0 Å². The van der Waals surface area contributed by atoms with Gasteiger partial charge in [-0.2, -0.15) is 9.97 Å². The van der Waals surface area contributed by atoms with Gasteiger partial charge in [0.15, 0.2) is 0 Å². The number of fused-ring (bicyclic) bond motifs is 3. The number of aromatic nitrogens is 3. The highest BCUT2D eigenvalue weighted by molar-refractivity contribution is 6.03. The Labute approximate surface area is 293 Å². The standard InChI is InChI=1S/C39H46FN7O3/c1-7-28-31(40)14-13-26-11-8-12-29(32(26)28)33-25(2)34-30(21-41-33)35(42-23-38(46(5)6)16-9-17-38)44-36(43-34)50-24-39-18-10-20-47(39)27(15-19-39)22-49-37(48)45(3)4/h1,8,11-14,21,27H,9-10,15-20,22-24H2,2-6H3,(H,42,43,44)/t27-,39-/m1/s1. The smallest absolute Gasteiger partial charge is 0.409 e. The van der Waals surface area contributed by atoms with Crippen LogP contribution in [0.25, 0.3) is 32.9 Å². The Morgan fingerprint density at radius 1 is 1.12 bits per heavy atom. The van der Waals surface area contributed by atoms with Gasteiger partial charge in [-0.3, -0.25) is 9.88 Å². The fraction of sp³-hybridized carbons (Fsp3) is 0.487. The number of hydrogen-bond acceptors (Lipinski definition) is 9. The van der Waals surface area contributed by atoms with E-state index < -0.39 is 5.82 Å². The van der Waals surface area contributed by atoms with Crippen LogP contribution < -0.4 is 10.1 Å². The number of pyridine rings is 1. The molecule has 4 heterocycles. The maximum atomic E-state index is 14.9. The van der Waals surface area contributed by atoms with E-state index in [0.717, 1.165) is 73.5 Å². The number of aryl methyl sites for hydroxylation is 1. The molecule has 0 radical (unpaired) electrons. The van der Waals surface area contributed by atoms with E-state index in [1.165, 1.54) is 17.4 Å². The fourth-order valence-corrected chi connectivity index (χ4v) is 8.26. The maximum Gasteiger partial charge on any atom is 0.409 e. The first kappa shape index (κ1) is 33.9. The normalized spacial score (nSPS) is 21.2. The van der Waals surface area contributed by atoms with Crippen LogP contribution >= 0.6 is 0 Å². The van der Waals surface area contributed by atoms with Crippen molar-refractivity contribution in [2.75, 3.05) is 59.8 Å². The van der Waals surface area contributed by atoms with Crippen LogP contribution in [-0.2, 0) is 4.74 Å². The molecule has 262 valence electrons. The molecule has 2 saturated heterocycles. The number of benzene rings is 2. The Balaban J connectivity index is 1.25. The average Bonchev–Trinajstić information content (AvgIpc) is 3.65. The van der Waals surface area contributed by atoms with Gasteiger partial charge in [0.2, 0.25) is 0 Å². The van der Waals surface area contributed by atoms with Crippen LogP contribution in [0.3, 0.4) is 0 Å². The predicted octanol–water partition coefficient (Wildman–Crippen LogP) is 6.24. The first-order valence-corrected chi connectivity index (χ1v) is 17.6. The number of nitrogens with one attached hydrogen (secondary N) is 1. The molecular formula is C39H46FN7O3. The average molecular weight is 680 g/mol. The molecule has 0 spiro atoms. The first-order valence-electron chi connectivity index (χ1n) is 17.6. The van der Waals surface area contributed by atoms with Crippen molar-refractivity contribution in [1.82, 2.24) is 29.7 Å². The zero-order valence-corrected chi connectivity index (χ0v) is 29.7. The minimum absolute atomic E-state index is 0.0531. The number of halogens is 1. The summed E-state index contributed by atoms with van der Waals surface area (Å²) in [5, 5.41) is 5.94. The van der Waals surface area contributed by atoms with E-state index in [1.54, 1.807) is 26.4 Å². The molecular weight excluding hydrogens is 633 g/mol. The zero-order valence-electron chi connectivity index (χ0n) is 29.7. The van der Waals surface area contributed by atoms with Crippen LogP contribution in [0.2, 0.25) is 0 Å². The molecule has 0 bridgehead atoms. The van der Waals surface area contributed by atoms with Gasteiger partial charge in [0, 0.05) is 54.9 Å². The minimum Gasteiger partial charge on any atom is -0.461 e. The van der Waals surface area contributed by atoms with Crippen molar-refractivity contribution in [1.29, 1.82) is 0 Å². The summed E-state index contributed by atoms with van der Waals surface area (Å²) in [5.74, 6) is 2.80. The van der Waals surface area contributed by atoms with E-state index >= 15 is 0 Å². The molecule has 10 nitrogen and oxygen atoms in total. The lowest BCUT2D eigenvalue weighted by molar-refractivity contribution is 0.0484. The van der Waals surface area contributed by atoms with Crippen molar-refractivity contribution in [3.8, 4) is 29.6 Å². The molecule has 1 saturated carbocycles. The van der Waals surface area contributed by atoms with Crippen molar-refractivity contribution < 1.29 is 18.7 Å². The third kappa shape index (κ3) is 5.88. The molecule has 4 aromatic rings. The second-order valence-electron chi connectivity index (χ2n) is 14.6. The molecule has 2 aromatic carbocycles. The summed E-state index contributed by atoms with van der Waals surface area (Å²) in [6, 6.07) is 9.40. The lowest BCUT2D eigenvalue weighted by Crippen LogP contribution is -2.54. The van der Waals surface area contributed by atoms with Gasteiger partial charge in [-0.1, -0.05) is 30.2 Å². The van der Waals surface area contributed by atoms with Crippen molar-refractivity contribution in [2.45, 2.75) is 69.0 Å². The molecule has 0 unspecified atom stereocenters. The topological polar surface area (TPSA) is 95.9 Å². The number of anilines is 1. The molecule has 1 amide bonds. The van der Waals surface area contributed by atoms with Gasteiger partial charge in [-0.05, 0) is 84.0 Å². The summed E-state index contributed by atoms with van der Waals surface area (Å²) >= 11 is 0. The van der Waals surface area contributed by atoms with Crippen LogP contribution in [0.5, 0.6) is 6.01 Å². The SMILES string of the molecule is C#Cc1c(F)ccc2cccc(-c3ncc4c(NCC5(N(C)C)CCC5)nc(OC[C@]56CCCN5[C@@H](COC(=O)N(C)C)CC6)nc4c3C)c12. The van der Waals surface area contributed by atoms with Gasteiger partial charge in [-0.15, -0.1) is 6.42 Å². The molecule has 50 heavy (non-hydrogen) atoms. The quantitative estimate of drug-likeness (QED) is 0.195. The summed E-state index contributed by atoms with van der Waals surface area (Å²) in [6.45, 7) is 4.45. The lowest BCUT2D eigenvalue weighted by atomic mass is 9.75. The van der Waals surface area contributed by atoms with E-state index in [4.69, 9.17) is 30.8 Å². The van der Waals surface area contributed by atoms with E-state index in [-0.39, 0.29) is 28.8 Å². The molecule has 1 aliphatic carbocycles. The Morgan fingerprint density at radius 3 is 2.66 bits per heavy atom. The van der Waals surface area contributed by atoms with Crippen molar-refractivity contribution in [3.05, 3.63) is 53.5 Å². The first-order chi connectivity index (χ1) is 24.1. The molecule has 11 heteroatoms.